The number of imidazole rings is 1. The molecule has 0 aliphatic rings. The molecule has 0 aliphatic heterocycles. The second kappa shape index (κ2) is 3.53. The standard InChI is InChI=1S/C7H7N9/c1(4-13-15-16-14-4)8-6-5-7(10-2-9-5)12-3-11-6/h2-3H,1H2,(H,13,14,15,16)(H2,8,9,10,11,12). The Morgan fingerprint density at radius 1 is 1.25 bits per heavy atom. The van der Waals surface area contributed by atoms with Crippen molar-refractivity contribution in [2.45, 2.75) is 6.54 Å². The quantitative estimate of drug-likeness (QED) is 0.539. The first-order valence-corrected chi connectivity index (χ1v) is 4.54. The van der Waals surface area contributed by atoms with Crippen molar-refractivity contribution in [1.82, 2.24) is 40.6 Å². The number of anilines is 1. The lowest BCUT2D eigenvalue weighted by molar-refractivity contribution is 0.881. The second-order valence-electron chi connectivity index (χ2n) is 3.02. The summed E-state index contributed by atoms with van der Waals surface area (Å²) in [5.41, 5.74) is 1.38. The van der Waals surface area contributed by atoms with Gasteiger partial charge in [0.2, 0.25) is 0 Å². The molecule has 0 atom stereocenters. The molecule has 0 fully saturated rings. The average molecular weight is 217 g/mol. The summed E-state index contributed by atoms with van der Waals surface area (Å²) in [6, 6.07) is 0. The minimum Gasteiger partial charge on any atom is -0.361 e. The lowest BCUT2D eigenvalue weighted by atomic mass is 10.4. The van der Waals surface area contributed by atoms with Crippen LogP contribution in [0.2, 0.25) is 0 Å². The van der Waals surface area contributed by atoms with Gasteiger partial charge in [0.1, 0.15) is 11.8 Å². The molecule has 0 saturated carbocycles. The van der Waals surface area contributed by atoms with Gasteiger partial charge in [0.05, 0.1) is 12.9 Å². The van der Waals surface area contributed by atoms with Crippen molar-refractivity contribution in [2.75, 3.05) is 5.32 Å². The number of nitrogens with one attached hydrogen (secondary N) is 3. The molecular weight excluding hydrogens is 210 g/mol. The van der Waals surface area contributed by atoms with E-state index >= 15 is 0 Å². The van der Waals surface area contributed by atoms with Gasteiger partial charge < -0.3 is 10.3 Å². The van der Waals surface area contributed by atoms with Gasteiger partial charge in [0, 0.05) is 0 Å². The normalized spacial score (nSPS) is 10.8. The van der Waals surface area contributed by atoms with Crippen LogP contribution in [0.25, 0.3) is 11.2 Å². The zero-order valence-corrected chi connectivity index (χ0v) is 8.05. The van der Waals surface area contributed by atoms with Gasteiger partial charge in [0.25, 0.3) is 0 Å². The smallest absolute Gasteiger partial charge is 0.167 e. The summed E-state index contributed by atoms with van der Waals surface area (Å²) in [4.78, 5) is 15.1. The zero-order chi connectivity index (χ0) is 10.8. The maximum absolute atomic E-state index is 4.11. The van der Waals surface area contributed by atoms with E-state index in [1.807, 2.05) is 0 Å². The maximum Gasteiger partial charge on any atom is 0.167 e. The van der Waals surface area contributed by atoms with Crippen LogP contribution in [0, 0.1) is 0 Å². The van der Waals surface area contributed by atoms with Gasteiger partial charge in [-0.15, -0.1) is 5.10 Å². The Labute approximate surface area is 88.7 Å². The predicted octanol–water partition coefficient (Wildman–Crippen LogP) is -0.522. The SMILES string of the molecule is c1nc(NCc2nnn[nH]2)c2nc[nH]c2n1. The summed E-state index contributed by atoms with van der Waals surface area (Å²) in [5.74, 6) is 1.27. The van der Waals surface area contributed by atoms with Crippen molar-refractivity contribution in [3.05, 3.63) is 18.5 Å². The Morgan fingerprint density at radius 3 is 3.12 bits per heavy atom. The molecule has 3 N–H and O–H groups in total. The molecule has 3 rings (SSSR count). The van der Waals surface area contributed by atoms with Crippen molar-refractivity contribution in [3.63, 3.8) is 0 Å². The Kier molecular flexibility index (Phi) is 1.92. The van der Waals surface area contributed by atoms with Crippen LogP contribution in [0.4, 0.5) is 5.82 Å². The van der Waals surface area contributed by atoms with E-state index in [0.29, 0.717) is 29.4 Å². The lowest BCUT2D eigenvalue weighted by Gasteiger charge is -2.01. The lowest BCUT2D eigenvalue weighted by Crippen LogP contribution is -2.04. The molecule has 0 unspecified atom stereocenters. The molecule has 80 valence electrons. The summed E-state index contributed by atoms with van der Waals surface area (Å²) < 4.78 is 0. The van der Waals surface area contributed by atoms with Crippen molar-refractivity contribution in [2.24, 2.45) is 0 Å². The Balaban J connectivity index is 1.86. The molecule has 16 heavy (non-hydrogen) atoms. The predicted molar refractivity (Wildman–Crippen MR) is 53.2 cm³/mol. The Morgan fingerprint density at radius 2 is 2.25 bits per heavy atom. The highest BCUT2D eigenvalue weighted by Gasteiger charge is 2.06. The number of rotatable bonds is 3. The molecule has 3 aromatic rings. The van der Waals surface area contributed by atoms with E-state index < -0.39 is 0 Å². The second-order valence-corrected chi connectivity index (χ2v) is 3.02. The molecule has 0 amide bonds. The number of hydrogen-bond acceptors (Lipinski definition) is 7. The molecule has 0 aliphatic carbocycles. The van der Waals surface area contributed by atoms with Crippen LogP contribution in [-0.2, 0) is 6.54 Å². The van der Waals surface area contributed by atoms with Crippen molar-refractivity contribution < 1.29 is 0 Å². The van der Waals surface area contributed by atoms with E-state index in [1.54, 1.807) is 6.33 Å². The third-order valence-corrected chi connectivity index (χ3v) is 2.03. The number of tetrazole rings is 1. The monoisotopic (exact) mass is 217 g/mol. The fourth-order valence-electron chi connectivity index (χ4n) is 1.32. The number of hydrogen-bond donors (Lipinski definition) is 3. The molecule has 0 bridgehead atoms. The van der Waals surface area contributed by atoms with E-state index in [4.69, 9.17) is 0 Å². The van der Waals surface area contributed by atoms with E-state index in [1.165, 1.54) is 6.33 Å². The molecule has 0 saturated heterocycles. The van der Waals surface area contributed by atoms with Crippen LogP contribution >= 0.6 is 0 Å². The van der Waals surface area contributed by atoms with Crippen LogP contribution < -0.4 is 5.32 Å². The van der Waals surface area contributed by atoms with E-state index in [9.17, 15) is 0 Å². The highest BCUT2D eigenvalue weighted by molar-refractivity contribution is 5.81. The molecule has 3 heterocycles. The summed E-state index contributed by atoms with van der Waals surface area (Å²) in [6.45, 7) is 0.450. The van der Waals surface area contributed by atoms with Gasteiger partial charge >= 0.3 is 0 Å². The minimum atomic E-state index is 0.450. The largest absolute Gasteiger partial charge is 0.361 e. The van der Waals surface area contributed by atoms with E-state index in [0.717, 1.165) is 0 Å². The molecular formula is C7H7N9. The third-order valence-electron chi connectivity index (χ3n) is 2.03. The number of H-pyrrole nitrogens is 2. The van der Waals surface area contributed by atoms with E-state index in [2.05, 4.69) is 45.9 Å². The van der Waals surface area contributed by atoms with Gasteiger partial charge in [-0.3, -0.25) is 0 Å². The number of fused-ring (bicyclic) bond motifs is 1. The van der Waals surface area contributed by atoms with Crippen LogP contribution in [0.15, 0.2) is 12.7 Å². The highest BCUT2D eigenvalue weighted by atomic mass is 15.5. The number of nitrogens with zero attached hydrogens (tertiary/aromatic N) is 6. The molecule has 0 aromatic carbocycles. The van der Waals surface area contributed by atoms with Crippen LogP contribution in [-0.4, -0.2) is 40.6 Å². The topological polar surface area (TPSA) is 121 Å². The first-order valence-electron chi connectivity index (χ1n) is 4.54. The van der Waals surface area contributed by atoms with E-state index in [-0.39, 0.29) is 0 Å². The van der Waals surface area contributed by atoms with Crippen LogP contribution in [0.1, 0.15) is 5.82 Å². The summed E-state index contributed by atoms with van der Waals surface area (Å²) in [5, 5.41) is 16.4. The average Bonchev–Trinajstić information content (AvgIpc) is 2.97. The third kappa shape index (κ3) is 1.43. The summed E-state index contributed by atoms with van der Waals surface area (Å²) >= 11 is 0. The maximum atomic E-state index is 4.11. The zero-order valence-electron chi connectivity index (χ0n) is 8.05. The fraction of sp³-hybridized carbons (Fsp3) is 0.143. The van der Waals surface area contributed by atoms with Gasteiger partial charge in [-0.25, -0.2) is 20.1 Å². The first-order chi connectivity index (χ1) is 7.93. The summed E-state index contributed by atoms with van der Waals surface area (Å²) in [7, 11) is 0. The van der Waals surface area contributed by atoms with Crippen LogP contribution in [0.5, 0.6) is 0 Å². The van der Waals surface area contributed by atoms with Gasteiger partial charge in [0.15, 0.2) is 17.3 Å². The molecule has 0 radical (unpaired) electrons. The Hall–Kier alpha value is -2.58. The molecule has 9 heteroatoms. The minimum absolute atomic E-state index is 0.450. The fourth-order valence-corrected chi connectivity index (χ4v) is 1.32. The van der Waals surface area contributed by atoms with Crippen molar-refractivity contribution in [1.29, 1.82) is 0 Å². The number of aromatic nitrogens is 8. The first kappa shape index (κ1) is 8.71. The number of aromatic amines is 2. The van der Waals surface area contributed by atoms with Gasteiger partial charge in [-0.1, -0.05) is 0 Å². The molecule has 9 nitrogen and oxygen atoms in total. The van der Waals surface area contributed by atoms with Gasteiger partial charge in [-0.05, 0) is 10.4 Å². The van der Waals surface area contributed by atoms with Crippen molar-refractivity contribution in [3.8, 4) is 0 Å². The molecule has 3 aromatic heterocycles. The summed E-state index contributed by atoms with van der Waals surface area (Å²) in [6.07, 6.45) is 3.03. The highest BCUT2D eigenvalue weighted by Crippen LogP contribution is 2.14. The van der Waals surface area contributed by atoms with Crippen LogP contribution in [0.3, 0.4) is 0 Å². The van der Waals surface area contributed by atoms with Crippen molar-refractivity contribution >= 4 is 17.0 Å². The van der Waals surface area contributed by atoms with Gasteiger partial charge in [-0.2, -0.15) is 0 Å². The molecule has 0 spiro atoms. The Bertz CT molecular complexity index is 583.